The first-order valence-corrected chi connectivity index (χ1v) is 7.25. The Morgan fingerprint density at radius 3 is 2.85 bits per heavy atom. The van der Waals surface area contributed by atoms with Crippen molar-refractivity contribution in [3.05, 3.63) is 52.2 Å². The summed E-state index contributed by atoms with van der Waals surface area (Å²) < 4.78 is 5.09. The maximum Gasteiger partial charge on any atom is 0.254 e. The molecule has 5 heteroatoms. The Balaban J connectivity index is 2.14. The maximum absolute atomic E-state index is 12.5. The molecule has 1 amide bonds. The monoisotopic (exact) mass is 290 g/mol. The number of amides is 1. The number of nitrogens with zero attached hydrogens (tertiary/aromatic N) is 1. The van der Waals surface area contributed by atoms with Crippen LogP contribution in [0.25, 0.3) is 0 Å². The highest BCUT2D eigenvalue weighted by Crippen LogP contribution is 2.15. The summed E-state index contributed by atoms with van der Waals surface area (Å²) in [6, 6.07) is 11.1. The molecule has 0 unspecified atom stereocenters. The van der Waals surface area contributed by atoms with Gasteiger partial charge in [-0.1, -0.05) is 12.1 Å². The van der Waals surface area contributed by atoms with Crippen molar-refractivity contribution in [1.29, 1.82) is 0 Å². The van der Waals surface area contributed by atoms with Gasteiger partial charge in [0.05, 0.1) is 13.2 Å². The van der Waals surface area contributed by atoms with Gasteiger partial charge in [-0.3, -0.25) is 4.79 Å². The number of benzene rings is 1. The average molecular weight is 290 g/mol. The number of nitrogen functional groups attached to an aromatic ring is 1. The fraction of sp³-hybridized carbons (Fsp3) is 0.267. The molecule has 0 fully saturated rings. The molecule has 0 aliphatic rings. The van der Waals surface area contributed by atoms with Gasteiger partial charge in [-0.2, -0.15) is 0 Å². The summed E-state index contributed by atoms with van der Waals surface area (Å²) in [6.07, 6.45) is 0. The predicted octanol–water partition coefficient (Wildman–Crippen LogP) is 2.62. The highest BCUT2D eigenvalue weighted by Gasteiger charge is 2.16. The van der Waals surface area contributed by atoms with Crippen molar-refractivity contribution in [1.82, 2.24) is 4.90 Å². The average Bonchev–Trinajstić information content (AvgIpc) is 2.95. The molecular formula is C15H18N2O2S. The Morgan fingerprint density at radius 1 is 1.35 bits per heavy atom. The molecule has 0 bridgehead atoms. The first-order chi connectivity index (χ1) is 9.70. The summed E-state index contributed by atoms with van der Waals surface area (Å²) in [5, 5.41) is 2.01. The quantitative estimate of drug-likeness (QED) is 0.832. The third-order valence-electron chi connectivity index (χ3n) is 2.91. The Labute approximate surface area is 122 Å². The van der Waals surface area contributed by atoms with Crippen molar-refractivity contribution in [2.24, 2.45) is 0 Å². The van der Waals surface area contributed by atoms with E-state index in [1.165, 1.54) is 0 Å². The third kappa shape index (κ3) is 3.82. The second kappa shape index (κ2) is 7.07. The fourth-order valence-electron chi connectivity index (χ4n) is 1.90. The summed E-state index contributed by atoms with van der Waals surface area (Å²) >= 11 is 1.64. The summed E-state index contributed by atoms with van der Waals surface area (Å²) in [7, 11) is 1.63. The Kier molecular flexibility index (Phi) is 5.15. The van der Waals surface area contributed by atoms with E-state index in [-0.39, 0.29) is 5.91 Å². The Hall–Kier alpha value is -1.85. The molecular weight excluding hydrogens is 272 g/mol. The van der Waals surface area contributed by atoms with Gasteiger partial charge in [0.25, 0.3) is 5.91 Å². The molecule has 0 radical (unpaired) electrons. The predicted molar refractivity (Wildman–Crippen MR) is 81.8 cm³/mol. The first-order valence-electron chi connectivity index (χ1n) is 6.37. The normalized spacial score (nSPS) is 10.4. The highest BCUT2D eigenvalue weighted by atomic mass is 32.1. The number of methoxy groups -OCH3 is 1. The summed E-state index contributed by atoms with van der Waals surface area (Å²) in [4.78, 5) is 15.5. The minimum Gasteiger partial charge on any atom is -0.399 e. The van der Waals surface area contributed by atoms with Crippen molar-refractivity contribution in [3.63, 3.8) is 0 Å². The minimum absolute atomic E-state index is 0.0252. The number of hydrogen-bond donors (Lipinski definition) is 1. The number of rotatable bonds is 6. The number of ether oxygens (including phenoxy) is 1. The molecule has 2 N–H and O–H groups in total. The van der Waals surface area contributed by atoms with E-state index < -0.39 is 0 Å². The van der Waals surface area contributed by atoms with Gasteiger partial charge in [0.15, 0.2) is 0 Å². The van der Waals surface area contributed by atoms with Gasteiger partial charge in [0.1, 0.15) is 0 Å². The van der Waals surface area contributed by atoms with Gasteiger partial charge in [-0.05, 0) is 29.6 Å². The molecule has 1 aromatic heterocycles. The van der Waals surface area contributed by atoms with Gasteiger partial charge in [-0.15, -0.1) is 11.3 Å². The van der Waals surface area contributed by atoms with Crippen molar-refractivity contribution in [2.75, 3.05) is 26.0 Å². The molecule has 0 saturated carbocycles. The molecule has 2 rings (SSSR count). The van der Waals surface area contributed by atoms with E-state index in [0.717, 1.165) is 4.88 Å². The van der Waals surface area contributed by atoms with Crippen molar-refractivity contribution >= 4 is 22.9 Å². The highest BCUT2D eigenvalue weighted by molar-refractivity contribution is 7.09. The van der Waals surface area contributed by atoms with Gasteiger partial charge in [0, 0.05) is 29.8 Å². The lowest BCUT2D eigenvalue weighted by atomic mass is 10.1. The van der Waals surface area contributed by atoms with Crippen molar-refractivity contribution < 1.29 is 9.53 Å². The van der Waals surface area contributed by atoms with Crippen LogP contribution in [0, 0.1) is 0 Å². The lowest BCUT2D eigenvalue weighted by Crippen LogP contribution is -2.33. The van der Waals surface area contributed by atoms with E-state index >= 15 is 0 Å². The maximum atomic E-state index is 12.5. The molecule has 2 aromatic rings. The zero-order valence-corrected chi connectivity index (χ0v) is 12.2. The van der Waals surface area contributed by atoms with Crippen LogP contribution < -0.4 is 5.73 Å². The molecule has 0 aliphatic heterocycles. The van der Waals surface area contributed by atoms with E-state index in [9.17, 15) is 4.79 Å². The van der Waals surface area contributed by atoms with Crippen LogP contribution in [0.5, 0.6) is 0 Å². The molecule has 0 saturated heterocycles. The topological polar surface area (TPSA) is 55.6 Å². The third-order valence-corrected chi connectivity index (χ3v) is 3.77. The van der Waals surface area contributed by atoms with E-state index in [1.807, 2.05) is 17.5 Å². The fourth-order valence-corrected chi connectivity index (χ4v) is 2.62. The lowest BCUT2D eigenvalue weighted by Gasteiger charge is -2.22. The van der Waals surface area contributed by atoms with E-state index in [1.54, 1.807) is 47.6 Å². The van der Waals surface area contributed by atoms with Crippen LogP contribution in [0.15, 0.2) is 41.8 Å². The van der Waals surface area contributed by atoms with Gasteiger partial charge in [-0.25, -0.2) is 0 Å². The van der Waals surface area contributed by atoms with E-state index in [4.69, 9.17) is 10.5 Å². The van der Waals surface area contributed by atoms with Gasteiger partial charge >= 0.3 is 0 Å². The Morgan fingerprint density at radius 2 is 2.20 bits per heavy atom. The standard InChI is InChI=1S/C15H18N2O2S/c1-19-8-7-17(11-14-6-3-9-20-14)15(18)12-4-2-5-13(16)10-12/h2-6,9-10H,7-8,11,16H2,1H3. The van der Waals surface area contributed by atoms with Crippen LogP contribution in [0.2, 0.25) is 0 Å². The Bertz CT molecular complexity index is 555. The van der Waals surface area contributed by atoms with Crippen LogP contribution in [0.4, 0.5) is 5.69 Å². The molecule has 1 heterocycles. The van der Waals surface area contributed by atoms with Crippen LogP contribution in [-0.4, -0.2) is 31.1 Å². The molecule has 20 heavy (non-hydrogen) atoms. The molecule has 4 nitrogen and oxygen atoms in total. The largest absolute Gasteiger partial charge is 0.399 e. The molecule has 0 spiro atoms. The zero-order valence-electron chi connectivity index (χ0n) is 11.4. The number of hydrogen-bond acceptors (Lipinski definition) is 4. The zero-order chi connectivity index (χ0) is 14.4. The molecule has 1 aromatic carbocycles. The van der Waals surface area contributed by atoms with E-state index in [2.05, 4.69) is 0 Å². The first kappa shape index (κ1) is 14.6. The number of carbonyl (C=O) groups excluding carboxylic acids is 1. The van der Waals surface area contributed by atoms with Crippen LogP contribution in [0.3, 0.4) is 0 Å². The number of anilines is 1. The number of nitrogens with two attached hydrogens (primary N) is 1. The second-order valence-electron chi connectivity index (χ2n) is 4.42. The molecule has 106 valence electrons. The van der Waals surface area contributed by atoms with Crippen LogP contribution >= 0.6 is 11.3 Å². The number of thiophene rings is 1. The van der Waals surface area contributed by atoms with Gasteiger partial charge < -0.3 is 15.4 Å². The molecule has 0 atom stereocenters. The van der Waals surface area contributed by atoms with Crippen molar-refractivity contribution in [3.8, 4) is 0 Å². The van der Waals surface area contributed by atoms with E-state index in [0.29, 0.717) is 30.9 Å². The van der Waals surface area contributed by atoms with Crippen LogP contribution in [0.1, 0.15) is 15.2 Å². The smallest absolute Gasteiger partial charge is 0.254 e. The van der Waals surface area contributed by atoms with Gasteiger partial charge in [0.2, 0.25) is 0 Å². The SMILES string of the molecule is COCCN(Cc1cccs1)C(=O)c1cccc(N)c1. The lowest BCUT2D eigenvalue weighted by molar-refractivity contribution is 0.0682. The summed E-state index contributed by atoms with van der Waals surface area (Å²) in [5.41, 5.74) is 6.94. The van der Waals surface area contributed by atoms with Crippen molar-refractivity contribution in [2.45, 2.75) is 6.54 Å². The van der Waals surface area contributed by atoms with Crippen LogP contribution in [-0.2, 0) is 11.3 Å². The number of carbonyl (C=O) groups is 1. The minimum atomic E-state index is -0.0252. The molecule has 0 aliphatic carbocycles. The summed E-state index contributed by atoms with van der Waals surface area (Å²) in [5.74, 6) is -0.0252. The summed E-state index contributed by atoms with van der Waals surface area (Å²) in [6.45, 7) is 1.66. The second-order valence-corrected chi connectivity index (χ2v) is 5.46.